The summed E-state index contributed by atoms with van der Waals surface area (Å²) in [6, 6.07) is 7.46. The summed E-state index contributed by atoms with van der Waals surface area (Å²) in [5, 5.41) is 8.83. The second-order valence-corrected chi connectivity index (χ2v) is 12.4. The maximum absolute atomic E-state index is 14.4. The Bertz CT molecular complexity index is 1220. The van der Waals surface area contributed by atoms with Gasteiger partial charge in [-0.3, -0.25) is 9.59 Å². The average Bonchev–Trinajstić information content (AvgIpc) is 3.35. The minimum atomic E-state index is -0.704. The van der Waals surface area contributed by atoms with Gasteiger partial charge in [0.05, 0.1) is 30.5 Å². The highest BCUT2D eigenvalue weighted by atomic mass is 16.6. The maximum Gasteiger partial charge on any atom is 0.410 e. The molecule has 0 spiro atoms. The van der Waals surface area contributed by atoms with Crippen LogP contribution in [0.25, 0.3) is 5.69 Å². The van der Waals surface area contributed by atoms with Gasteiger partial charge in [-0.25, -0.2) is 9.48 Å². The molecule has 2 atom stereocenters. The predicted octanol–water partition coefficient (Wildman–Crippen LogP) is 4.44. The van der Waals surface area contributed by atoms with Crippen molar-refractivity contribution in [3.05, 3.63) is 41.2 Å². The smallest absolute Gasteiger partial charge is 0.410 e. The Morgan fingerprint density at radius 1 is 1.12 bits per heavy atom. The van der Waals surface area contributed by atoms with E-state index < -0.39 is 29.6 Å². The fourth-order valence-electron chi connectivity index (χ4n) is 5.24. The van der Waals surface area contributed by atoms with Gasteiger partial charge in [0.25, 0.3) is 5.91 Å². The van der Waals surface area contributed by atoms with E-state index in [2.05, 4.69) is 10.3 Å². The normalized spacial score (nSPS) is 17.3. The molecule has 0 radical (unpaired) electrons. The monoisotopic (exact) mass is 585 g/mol. The SMILES string of the molecule is COCCCCc1c(C(=O)N(CC(C)C)[C@H]2C[C@@H](C(=O)OC)CN(C(=O)OC(C)(C)C)C2)nnn1-c1cccc(C)c1. The molecule has 3 rings (SSSR count). The van der Waals surface area contributed by atoms with Crippen LogP contribution in [0.4, 0.5) is 4.79 Å². The second-order valence-electron chi connectivity index (χ2n) is 12.4. The number of methoxy groups -OCH3 is 2. The van der Waals surface area contributed by atoms with Gasteiger partial charge in [0, 0.05) is 33.4 Å². The van der Waals surface area contributed by atoms with Gasteiger partial charge in [-0.05, 0) is 77.0 Å². The van der Waals surface area contributed by atoms with Crippen molar-refractivity contribution in [2.24, 2.45) is 11.8 Å². The number of ether oxygens (including phenoxy) is 3. The molecule has 2 heterocycles. The van der Waals surface area contributed by atoms with Gasteiger partial charge in [0.15, 0.2) is 5.69 Å². The first-order valence-electron chi connectivity index (χ1n) is 14.7. The van der Waals surface area contributed by atoms with Crippen molar-refractivity contribution in [1.29, 1.82) is 0 Å². The highest BCUT2D eigenvalue weighted by Crippen LogP contribution is 2.27. The van der Waals surface area contributed by atoms with Crippen molar-refractivity contribution in [2.75, 3.05) is 40.5 Å². The number of likely N-dealkylation sites (tertiary alicyclic amines) is 1. The molecule has 0 N–H and O–H groups in total. The lowest BCUT2D eigenvalue weighted by Crippen LogP contribution is -2.57. The van der Waals surface area contributed by atoms with E-state index in [4.69, 9.17) is 14.2 Å². The zero-order chi connectivity index (χ0) is 31.0. The van der Waals surface area contributed by atoms with Gasteiger partial charge < -0.3 is 24.0 Å². The minimum absolute atomic E-state index is 0.124. The largest absolute Gasteiger partial charge is 0.469 e. The second kappa shape index (κ2) is 14.6. The number of amides is 2. The van der Waals surface area contributed by atoms with Crippen molar-refractivity contribution in [2.45, 2.75) is 78.9 Å². The molecule has 0 saturated carbocycles. The molecule has 1 fully saturated rings. The molecular weight excluding hydrogens is 538 g/mol. The number of carbonyl (C=O) groups excluding carboxylic acids is 3. The molecule has 11 heteroatoms. The van der Waals surface area contributed by atoms with Crippen molar-refractivity contribution >= 4 is 18.0 Å². The van der Waals surface area contributed by atoms with E-state index in [1.165, 1.54) is 12.0 Å². The van der Waals surface area contributed by atoms with Gasteiger partial charge in [-0.15, -0.1) is 5.10 Å². The van der Waals surface area contributed by atoms with Crippen LogP contribution in [0.2, 0.25) is 0 Å². The molecule has 0 unspecified atom stereocenters. The summed E-state index contributed by atoms with van der Waals surface area (Å²) in [4.78, 5) is 43.5. The third-order valence-corrected chi connectivity index (χ3v) is 7.10. The summed E-state index contributed by atoms with van der Waals surface area (Å²) in [6.45, 7) is 12.9. The molecule has 11 nitrogen and oxygen atoms in total. The summed E-state index contributed by atoms with van der Waals surface area (Å²) in [6.07, 6.45) is 2.03. The number of aromatic nitrogens is 3. The van der Waals surface area contributed by atoms with Crippen LogP contribution in [-0.4, -0.2) is 94.9 Å². The summed E-state index contributed by atoms with van der Waals surface area (Å²) < 4.78 is 17.7. The molecule has 1 aliphatic rings. The van der Waals surface area contributed by atoms with Crippen molar-refractivity contribution in [3.8, 4) is 5.69 Å². The molecule has 42 heavy (non-hydrogen) atoms. The minimum Gasteiger partial charge on any atom is -0.469 e. The highest BCUT2D eigenvalue weighted by molar-refractivity contribution is 5.94. The number of unbranched alkanes of at least 4 members (excludes halogenated alkanes) is 1. The Balaban J connectivity index is 2.01. The van der Waals surface area contributed by atoms with E-state index in [1.807, 2.05) is 45.0 Å². The Labute approximate surface area is 249 Å². The summed E-state index contributed by atoms with van der Waals surface area (Å²) >= 11 is 0. The van der Waals surface area contributed by atoms with E-state index in [0.29, 0.717) is 26.0 Å². The first kappa shape index (κ1) is 33.0. The Morgan fingerprint density at radius 2 is 1.86 bits per heavy atom. The number of hydrogen-bond donors (Lipinski definition) is 0. The van der Waals surface area contributed by atoms with Crippen LogP contribution in [0.1, 0.15) is 75.6 Å². The van der Waals surface area contributed by atoms with Gasteiger partial charge in [-0.2, -0.15) is 0 Å². The van der Waals surface area contributed by atoms with Crippen LogP contribution >= 0.6 is 0 Å². The van der Waals surface area contributed by atoms with Crippen LogP contribution in [0, 0.1) is 18.8 Å². The van der Waals surface area contributed by atoms with Crippen LogP contribution in [-0.2, 0) is 25.4 Å². The van der Waals surface area contributed by atoms with Crippen LogP contribution in [0.3, 0.4) is 0 Å². The summed E-state index contributed by atoms with van der Waals surface area (Å²) in [5.74, 6) is -1.17. The maximum atomic E-state index is 14.4. The number of esters is 1. The number of carbonyl (C=O) groups is 3. The molecule has 1 saturated heterocycles. The molecule has 0 aliphatic carbocycles. The topological polar surface area (TPSA) is 116 Å². The number of rotatable bonds is 11. The number of piperidine rings is 1. The molecule has 1 aromatic heterocycles. The number of hydrogen-bond acceptors (Lipinski definition) is 8. The first-order chi connectivity index (χ1) is 19.8. The van der Waals surface area contributed by atoms with E-state index >= 15 is 0 Å². The van der Waals surface area contributed by atoms with Crippen LogP contribution < -0.4 is 0 Å². The van der Waals surface area contributed by atoms with Gasteiger partial charge >= 0.3 is 12.1 Å². The van der Waals surface area contributed by atoms with Gasteiger partial charge in [0.2, 0.25) is 0 Å². The Hall–Kier alpha value is -3.47. The lowest BCUT2D eigenvalue weighted by molar-refractivity contribution is -0.148. The van der Waals surface area contributed by atoms with E-state index in [9.17, 15) is 14.4 Å². The zero-order valence-corrected chi connectivity index (χ0v) is 26.4. The van der Waals surface area contributed by atoms with E-state index in [-0.39, 0.29) is 30.6 Å². The zero-order valence-electron chi connectivity index (χ0n) is 26.4. The van der Waals surface area contributed by atoms with E-state index in [1.54, 1.807) is 37.5 Å². The molecular formula is C31H47N5O6. The quantitative estimate of drug-likeness (QED) is 0.281. The van der Waals surface area contributed by atoms with Crippen molar-refractivity contribution in [3.63, 3.8) is 0 Å². The third-order valence-electron chi connectivity index (χ3n) is 7.10. The lowest BCUT2D eigenvalue weighted by Gasteiger charge is -2.42. The fourth-order valence-corrected chi connectivity index (χ4v) is 5.24. The first-order valence-corrected chi connectivity index (χ1v) is 14.7. The standard InChI is InChI=1S/C31H47N5O6/c1-21(2)18-35(25-17-23(29(38)41-8)19-34(20-25)30(39)42-31(4,5)6)28(37)27-26(14-9-10-15-40-7)36(33-32-27)24-13-11-12-22(3)16-24/h11-13,16,21,23,25H,9-10,14-15,17-20H2,1-8H3/t23-,25+/m1/s1. The Kier molecular flexibility index (Phi) is 11.5. The lowest BCUT2D eigenvalue weighted by atomic mass is 9.92. The van der Waals surface area contributed by atoms with Crippen molar-refractivity contribution < 1.29 is 28.6 Å². The predicted molar refractivity (Wildman–Crippen MR) is 159 cm³/mol. The number of benzene rings is 1. The third kappa shape index (κ3) is 8.77. The molecule has 2 amide bonds. The number of nitrogens with zero attached hydrogens (tertiary/aromatic N) is 5. The Morgan fingerprint density at radius 3 is 2.48 bits per heavy atom. The number of aryl methyl sites for hydroxylation is 1. The summed E-state index contributed by atoms with van der Waals surface area (Å²) in [5.41, 5.74) is 2.20. The highest BCUT2D eigenvalue weighted by Gasteiger charge is 2.41. The molecule has 2 aromatic rings. The van der Waals surface area contributed by atoms with Gasteiger partial charge in [-0.1, -0.05) is 31.2 Å². The molecule has 1 aromatic carbocycles. The van der Waals surface area contributed by atoms with Crippen LogP contribution in [0.15, 0.2) is 24.3 Å². The summed E-state index contributed by atoms with van der Waals surface area (Å²) in [7, 11) is 3.00. The molecule has 1 aliphatic heterocycles. The fraction of sp³-hybridized carbons (Fsp3) is 0.645. The molecule has 232 valence electrons. The molecule has 0 bridgehead atoms. The average molecular weight is 586 g/mol. The van der Waals surface area contributed by atoms with E-state index in [0.717, 1.165) is 29.8 Å². The van der Waals surface area contributed by atoms with Crippen molar-refractivity contribution in [1.82, 2.24) is 24.8 Å². The van der Waals surface area contributed by atoms with Gasteiger partial charge in [0.1, 0.15) is 5.60 Å². The van der Waals surface area contributed by atoms with Crippen LogP contribution in [0.5, 0.6) is 0 Å².